The number of aromatic nitrogens is 2. The third-order valence-corrected chi connectivity index (χ3v) is 2.26. The number of ether oxygens (including phenoxy) is 4. The van der Waals surface area contributed by atoms with Crippen LogP contribution in [-0.2, 0) is 9.47 Å². The molecule has 1 aromatic rings. The normalized spacial score (nSPS) is 10.8. The van der Waals surface area contributed by atoms with Crippen LogP contribution in [0.5, 0.6) is 11.8 Å². The Kier molecular flexibility index (Phi) is 7.67. The zero-order valence-corrected chi connectivity index (χ0v) is 12.3. The second-order valence-electron chi connectivity index (χ2n) is 4.37. The summed E-state index contributed by atoms with van der Waals surface area (Å²) in [4.78, 5) is 7.95. The van der Waals surface area contributed by atoms with E-state index in [9.17, 15) is 0 Å². The first-order valence-corrected chi connectivity index (χ1v) is 6.61. The number of nitrogens with zero attached hydrogens (tertiary/aromatic N) is 2. The predicted molar refractivity (Wildman–Crippen MR) is 75.0 cm³/mol. The molecule has 114 valence electrons. The van der Waals surface area contributed by atoms with Crippen LogP contribution in [0.1, 0.15) is 20.3 Å². The van der Waals surface area contributed by atoms with Crippen molar-refractivity contribution in [2.24, 2.45) is 0 Å². The summed E-state index contributed by atoms with van der Waals surface area (Å²) in [5.41, 5.74) is 6.19. The number of methoxy groups -OCH3 is 1. The summed E-state index contributed by atoms with van der Waals surface area (Å²) < 4.78 is 21.2. The fourth-order valence-electron chi connectivity index (χ4n) is 1.40. The molecular weight excluding hydrogens is 262 g/mol. The SMILES string of the molecule is COCCCOCCOc1ncnc(OC(C)C)c1N. The van der Waals surface area contributed by atoms with Crippen LogP contribution in [0, 0.1) is 0 Å². The van der Waals surface area contributed by atoms with Crippen LogP contribution >= 0.6 is 0 Å². The van der Waals surface area contributed by atoms with Crippen LogP contribution in [0.3, 0.4) is 0 Å². The van der Waals surface area contributed by atoms with E-state index in [1.54, 1.807) is 7.11 Å². The summed E-state index contributed by atoms with van der Waals surface area (Å²) in [7, 11) is 1.66. The molecule has 1 rings (SSSR count). The van der Waals surface area contributed by atoms with Crippen molar-refractivity contribution in [3.63, 3.8) is 0 Å². The van der Waals surface area contributed by atoms with Gasteiger partial charge in [0.15, 0.2) is 5.69 Å². The van der Waals surface area contributed by atoms with Crippen molar-refractivity contribution in [3.8, 4) is 11.8 Å². The predicted octanol–water partition coefficient (Wildman–Crippen LogP) is 1.28. The first kappa shape index (κ1) is 16.5. The molecule has 2 N–H and O–H groups in total. The van der Waals surface area contributed by atoms with Crippen LogP contribution in [-0.4, -0.2) is 49.6 Å². The lowest BCUT2D eigenvalue weighted by atomic mass is 10.4. The highest BCUT2D eigenvalue weighted by Crippen LogP contribution is 2.27. The first-order chi connectivity index (χ1) is 9.65. The molecule has 0 radical (unpaired) electrons. The van der Waals surface area contributed by atoms with E-state index in [4.69, 9.17) is 24.7 Å². The van der Waals surface area contributed by atoms with Crippen LogP contribution < -0.4 is 15.2 Å². The van der Waals surface area contributed by atoms with Crippen LogP contribution in [0.15, 0.2) is 6.33 Å². The molecule has 0 saturated carbocycles. The summed E-state index contributed by atoms with van der Waals surface area (Å²) in [6.45, 7) is 5.96. The van der Waals surface area contributed by atoms with Gasteiger partial charge in [0.1, 0.15) is 12.9 Å². The van der Waals surface area contributed by atoms with Crippen molar-refractivity contribution in [2.45, 2.75) is 26.4 Å². The maximum atomic E-state index is 5.88. The molecule has 0 aliphatic rings. The Morgan fingerprint density at radius 1 is 1.10 bits per heavy atom. The Labute approximate surface area is 119 Å². The van der Waals surface area contributed by atoms with Gasteiger partial charge in [0.2, 0.25) is 11.8 Å². The van der Waals surface area contributed by atoms with Gasteiger partial charge in [0.25, 0.3) is 0 Å². The average molecular weight is 285 g/mol. The maximum Gasteiger partial charge on any atom is 0.244 e. The number of hydrogen-bond acceptors (Lipinski definition) is 7. The highest BCUT2D eigenvalue weighted by Gasteiger charge is 2.11. The van der Waals surface area contributed by atoms with E-state index in [-0.39, 0.29) is 6.10 Å². The molecule has 20 heavy (non-hydrogen) atoms. The lowest BCUT2D eigenvalue weighted by Gasteiger charge is -2.13. The number of rotatable bonds is 10. The topological polar surface area (TPSA) is 88.7 Å². The van der Waals surface area contributed by atoms with Crippen molar-refractivity contribution in [1.29, 1.82) is 0 Å². The van der Waals surface area contributed by atoms with Gasteiger partial charge in [0.05, 0.1) is 12.7 Å². The average Bonchev–Trinajstić information content (AvgIpc) is 2.41. The van der Waals surface area contributed by atoms with E-state index in [1.165, 1.54) is 6.33 Å². The maximum absolute atomic E-state index is 5.88. The van der Waals surface area contributed by atoms with E-state index in [2.05, 4.69) is 9.97 Å². The fraction of sp³-hybridized carbons (Fsp3) is 0.692. The first-order valence-electron chi connectivity index (χ1n) is 6.61. The Bertz CT molecular complexity index is 388. The number of anilines is 1. The molecule has 7 nitrogen and oxygen atoms in total. The number of hydrogen-bond donors (Lipinski definition) is 1. The Morgan fingerprint density at radius 2 is 1.85 bits per heavy atom. The quantitative estimate of drug-likeness (QED) is 0.648. The lowest BCUT2D eigenvalue weighted by molar-refractivity contribution is 0.0796. The summed E-state index contributed by atoms with van der Waals surface area (Å²) in [5.74, 6) is 0.655. The molecule has 0 unspecified atom stereocenters. The van der Waals surface area contributed by atoms with Gasteiger partial charge >= 0.3 is 0 Å². The molecule has 1 aromatic heterocycles. The molecule has 0 fully saturated rings. The molecule has 0 saturated heterocycles. The minimum absolute atomic E-state index is 0.0100. The third kappa shape index (κ3) is 6.03. The highest BCUT2D eigenvalue weighted by molar-refractivity contribution is 5.55. The minimum Gasteiger partial charge on any atom is -0.474 e. The van der Waals surface area contributed by atoms with Gasteiger partial charge < -0.3 is 24.7 Å². The standard InChI is InChI=1S/C13H23N3O4/c1-10(2)20-13-11(14)12(15-9-16-13)19-8-7-18-6-4-5-17-3/h9-10H,4-8,14H2,1-3H3. The van der Waals surface area contributed by atoms with E-state index in [0.717, 1.165) is 6.42 Å². The van der Waals surface area contributed by atoms with Crippen LogP contribution in [0.25, 0.3) is 0 Å². The van der Waals surface area contributed by atoms with E-state index in [0.29, 0.717) is 43.9 Å². The van der Waals surface area contributed by atoms with E-state index < -0.39 is 0 Å². The third-order valence-electron chi connectivity index (χ3n) is 2.26. The molecule has 7 heteroatoms. The van der Waals surface area contributed by atoms with Crippen molar-refractivity contribution in [2.75, 3.05) is 39.3 Å². The molecule has 0 bridgehead atoms. The molecule has 0 spiro atoms. The van der Waals surface area contributed by atoms with Crippen LogP contribution in [0.2, 0.25) is 0 Å². The summed E-state index contributed by atoms with van der Waals surface area (Å²) in [5, 5.41) is 0. The largest absolute Gasteiger partial charge is 0.474 e. The Balaban J connectivity index is 2.33. The second kappa shape index (κ2) is 9.33. The van der Waals surface area contributed by atoms with Gasteiger partial charge in [-0.05, 0) is 20.3 Å². The molecule has 1 heterocycles. The van der Waals surface area contributed by atoms with Crippen molar-refractivity contribution in [3.05, 3.63) is 6.33 Å². The molecule has 0 amide bonds. The molecule has 0 aromatic carbocycles. The summed E-state index contributed by atoms with van der Waals surface area (Å²) >= 11 is 0. The minimum atomic E-state index is -0.0100. The Morgan fingerprint density at radius 3 is 2.55 bits per heavy atom. The lowest BCUT2D eigenvalue weighted by Crippen LogP contribution is -2.13. The smallest absolute Gasteiger partial charge is 0.244 e. The molecule has 0 aliphatic carbocycles. The molecule has 0 aliphatic heterocycles. The van der Waals surface area contributed by atoms with Gasteiger partial charge in [-0.1, -0.05) is 0 Å². The zero-order valence-electron chi connectivity index (χ0n) is 12.3. The van der Waals surface area contributed by atoms with Gasteiger partial charge in [-0.2, -0.15) is 9.97 Å². The highest BCUT2D eigenvalue weighted by atomic mass is 16.5. The molecule has 0 atom stereocenters. The Hall–Kier alpha value is -1.60. The second-order valence-corrected chi connectivity index (χ2v) is 4.37. The zero-order chi connectivity index (χ0) is 14.8. The summed E-state index contributed by atoms with van der Waals surface area (Å²) in [6.07, 6.45) is 2.21. The van der Waals surface area contributed by atoms with E-state index in [1.807, 2.05) is 13.8 Å². The van der Waals surface area contributed by atoms with Gasteiger partial charge in [-0.15, -0.1) is 0 Å². The van der Waals surface area contributed by atoms with Gasteiger partial charge in [-0.25, -0.2) is 0 Å². The van der Waals surface area contributed by atoms with Crippen molar-refractivity contribution >= 4 is 5.69 Å². The van der Waals surface area contributed by atoms with Gasteiger partial charge in [-0.3, -0.25) is 0 Å². The number of nitrogens with two attached hydrogens (primary N) is 1. The van der Waals surface area contributed by atoms with Crippen molar-refractivity contribution in [1.82, 2.24) is 9.97 Å². The fourth-order valence-corrected chi connectivity index (χ4v) is 1.40. The number of nitrogen functional groups attached to an aromatic ring is 1. The van der Waals surface area contributed by atoms with E-state index >= 15 is 0 Å². The summed E-state index contributed by atoms with van der Waals surface area (Å²) in [6, 6.07) is 0. The molecular formula is C13H23N3O4. The van der Waals surface area contributed by atoms with Gasteiger partial charge in [0, 0.05) is 20.3 Å². The van der Waals surface area contributed by atoms with Crippen LogP contribution in [0.4, 0.5) is 5.69 Å². The van der Waals surface area contributed by atoms with Crippen molar-refractivity contribution < 1.29 is 18.9 Å². The monoisotopic (exact) mass is 285 g/mol.